The first kappa shape index (κ1) is 35.8. The van der Waals surface area contributed by atoms with Gasteiger partial charge in [0.2, 0.25) is 0 Å². The topological polar surface area (TPSA) is 69.2 Å². The Balaban J connectivity index is -0.000000152. The van der Waals surface area contributed by atoms with Gasteiger partial charge >= 0.3 is 17.4 Å². The van der Waals surface area contributed by atoms with Crippen molar-refractivity contribution in [1.29, 1.82) is 0 Å². The summed E-state index contributed by atoms with van der Waals surface area (Å²) in [4.78, 5) is 0. The fourth-order valence-corrected chi connectivity index (χ4v) is 2.69. The quantitative estimate of drug-likeness (QED) is 0.372. The molecule has 0 aliphatic rings. The van der Waals surface area contributed by atoms with E-state index in [4.69, 9.17) is 0 Å². The van der Waals surface area contributed by atoms with Gasteiger partial charge in [-0.2, -0.15) is 0 Å². The van der Waals surface area contributed by atoms with Crippen molar-refractivity contribution in [1.82, 2.24) is 0 Å². The summed E-state index contributed by atoms with van der Waals surface area (Å²) in [5, 5.41) is 31.1. The van der Waals surface area contributed by atoms with Crippen molar-refractivity contribution >= 4 is 0 Å². The van der Waals surface area contributed by atoms with Gasteiger partial charge in [-0.3, -0.25) is 0 Å². The van der Waals surface area contributed by atoms with E-state index < -0.39 is 0 Å². The second kappa shape index (κ2) is 32.1. The van der Waals surface area contributed by atoms with Crippen LogP contribution >= 0.6 is 0 Å². The largest absolute Gasteiger partial charge is 3.00 e. The first-order chi connectivity index (χ1) is 13.0. The molecule has 0 fully saturated rings. The fraction of sp³-hybridized carbons (Fsp3) is 1.00. The summed E-state index contributed by atoms with van der Waals surface area (Å²) in [5.41, 5.74) is 0. The van der Waals surface area contributed by atoms with Crippen LogP contribution in [0.3, 0.4) is 0 Å². The van der Waals surface area contributed by atoms with E-state index in [0.29, 0.717) is 17.8 Å². The van der Waals surface area contributed by atoms with E-state index >= 15 is 0 Å². The third-order valence-corrected chi connectivity index (χ3v) is 5.34. The first-order valence-corrected chi connectivity index (χ1v) is 11.8. The van der Waals surface area contributed by atoms with Crippen LogP contribution in [0.25, 0.3) is 0 Å². The SMILES string of the molecule is CCCCC(CC)C[O-].CCCCC(CC)C[O-].CCCCC(CC)C[O-].[Cr+3]. The maximum absolute atomic E-state index is 10.4. The van der Waals surface area contributed by atoms with Gasteiger partial charge in [-0.05, 0) is 0 Å². The van der Waals surface area contributed by atoms with Crippen molar-refractivity contribution in [3.8, 4) is 0 Å². The zero-order chi connectivity index (χ0) is 21.3. The maximum atomic E-state index is 10.4. The van der Waals surface area contributed by atoms with E-state index in [1.54, 1.807) is 0 Å². The third kappa shape index (κ3) is 28.6. The molecule has 171 valence electrons. The molecule has 0 heterocycles. The molecule has 3 atom stereocenters. The summed E-state index contributed by atoms with van der Waals surface area (Å²) in [6.07, 6.45) is 13.9. The summed E-state index contributed by atoms with van der Waals surface area (Å²) in [6, 6.07) is 0. The molecule has 0 aromatic carbocycles. The molecule has 4 heteroatoms. The van der Waals surface area contributed by atoms with Gasteiger partial charge < -0.3 is 15.3 Å². The Kier molecular flexibility index (Phi) is 41.1. The number of hydrogen-bond acceptors (Lipinski definition) is 3. The molecule has 0 bridgehead atoms. The number of hydrogen-bond donors (Lipinski definition) is 0. The molecule has 28 heavy (non-hydrogen) atoms. The zero-order valence-corrected chi connectivity index (χ0v) is 21.2. The van der Waals surface area contributed by atoms with E-state index in [1.165, 1.54) is 38.5 Å². The van der Waals surface area contributed by atoms with E-state index in [-0.39, 0.29) is 37.2 Å². The summed E-state index contributed by atoms with van der Waals surface area (Å²) in [6.45, 7) is 13.1. The van der Waals surface area contributed by atoms with Crippen LogP contribution in [-0.2, 0) is 17.4 Å². The molecule has 0 aliphatic carbocycles. The number of rotatable bonds is 15. The van der Waals surface area contributed by atoms with Gasteiger partial charge in [0, 0.05) is 0 Å². The van der Waals surface area contributed by atoms with Gasteiger partial charge in [0.1, 0.15) is 0 Å². The van der Waals surface area contributed by atoms with Crippen molar-refractivity contribution in [2.75, 3.05) is 19.8 Å². The van der Waals surface area contributed by atoms with Crippen LogP contribution in [0.4, 0.5) is 0 Å². The molecule has 0 spiro atoms. The van der Waals surface area contributed by atoms with Crippen molar-refractivity contribution in [2.45, 2.75) is 119 Å². The Morgan fingerprint density at radius 2 is 0.679 bits per heavy atom. The molecule has 0 saturated carbocycles. The van der Waals surface area contributed by atoms with Crippen LogP contribution in [-0.4, -0.2) is 19.8 Å². The molecule has 0 N–H and O–H groups in total. The molecule has 1 radical (unpaired) electrons. The fourth-order valence-electron chi connectivity index (χ4n) is 2.69. The van der Waals surface area contributed by atoms with Crippen LogP contribution in [0, 0.1) is 17.8 Å². The van der Waals surface area contributed by atoms with Gasteiger partial charge in [0.05, 0.1) is 0 Å². The molecule has 3 unspecified atom stereocenters. The minimum Gasteiger partial charge on any atom is -0.854 e. The predicted octanol–water partition coefficient (Wildman–Crippen LogP) is 4.69. The van der Waals surface area contributed by atoms with Crippen molar-refractivity contribution in [2.24, 2.45) is 17.8 Å². The van der Waals surface area contributed by atoms with Crippen molar-refractivity contribution in [3.05, 3.63) is 0 Å². The van der Waals surface area contributed by atoms with E-state index in [9.17, 15) is 15.3 Å². The van der Waals surface area contributed by atoms with Crippen molar-refractivity contribution < 1.29 is 32.7 Å². The molecule has 0 aromatic rings. The molecular weight excluding hydrogens is 388 g/mol. The third-order valence-electron chi connectivity index (χ3n) is 5.34. The normalized spacial score (nSPS) is 13.2. The van der Waals surface area contributed by atoms with E-state index in [0.717, 1.165) is 38.5 Å². The number of unbranched alkanes of at least 4 members (excludes halogenated alkanes) is 3. The smallest absolute Gasteiger partial charge is 0.854 e. The minimum absolute atomic E-state index is 0. The zero-order valence-electron chi connectivity index (χ0n) is 20.0. The minimum atomic E-state index is 0. The van der Waals surface area contributed by atoms with Crippen LogP contribution < -0.4 is 15.3 Å². The van der Waals surface area contributed by atoms with E-state index in [1.807, 2.05) is 0 Å². The summed E-state index contributed by atoms with van der Waals surface area (Å²) < 4.78 is 0. The van der Waals surface area contributed by atoms with Gasteiger partial charge in [0.25, 0.3) is 0 Å². The van der Waals surface area contributed by atoms with Gasteiger partial charge in [-0.1, -0.05) is 136 Å². The average Bonchev–Trinajstić information content (AvgIpc) is 2.71. The second-order valence-electron chi connectivity index (χ2n) is 7.75. The monoisotopic (exact) mass is 439 g/mol. The Hall–Kier alpha value is 0.412. The van der Waals surface area contributed by atoms with Gasteiger partial charge in [0.15, 0.2) is 0 Å². The summed E-state index contributed by atoms with van der Waals surface area (Å²) >= 11 is 0. The molecule has 0 saturated heterocycles. The molecule has 0 amide bonds. The van der Waals surface area contributed by atoms with E-state index in [2.05, 4.69) is 41.5 Å². The first-order valence-electron chi connectivity index (χ1n) is 11.8. The average molecular weight is 440 g/mol. The predicted molar refractivity (Wildman–Crippen MR) is 115 cm³/mol. The molecule has 0 aliphatic heterocycles. The van der Waals surface area contributed by atoms with Crippen LogP contribution in [0.2, 0.25) is 0 Å². The molecule has 3 nitrogen and oxygen atoms in total. The Morgan fingerprint density at radius 1 is 0.464 bits per heavy atom. The summed E-state index contributed by atoms with van der Waals surface area (Å²) in [7, 11) is 0. The van der Waals surface area contributed by atoms with Crippen LogP contribution in [0.5, 0.6) is 0 Å². The van der Waals surface area contributed by atoms with Gasteiger partial charge in [-0.15, -0.1) is 19.8 Å². The Labute approximate surface area is 188 Å². The maximum Gasteiger partial charge on any atom is 3.00 e. The van der Waals surface area contributed by atoms with Crippen LogP contribution in [0.1, 0.15) is 119 Å². The molecular formula is C24H51CrO3. The Bertz CT molecular complexity index is 190. The van der Waals surface area contributed by atoms with Crippen molar-refractivity contribution in [3.63, 3.8) is 0 Å². The standard InChI is InChI=1S/3C8H17O.Cr/c3*1-3-5-6-8(4-2)7-9;/h3*8H,3-7H2,1-2H3;/q3*-1;+3. The second-order valence-corrected chi connectivity index (χ2v) is 7.75. The molecule has 0 rings (SSSR count). The Morgan fingerprint density at radius 3 is 0.786 bits per heavy atom. The van der Waals surface area contributed by atoms with Gasteiger partial charge in [-0.25, -0.2) is 0 Å². The molecule has 0 aromatic heterocycles. The summed E-state index contributed by atoms with van der Waals surface area (Å²) in [5.74, 6) is 1.35. The van der Waals surface area contributed by atoms with Crippen LogP contribution in [0.15, 0.2) is 0 Å².